The van der Waals surface area contributed by atoms with E-state index >= 15 is 0 Å². The van der Waals surface area contributed by atoms with Gasteiger partial charge in [0.25, 0.3) is 6.71 Å². The van der Waals surface area contributed by atoms with Gasteiger partial charge in [0.1, 0.15) is 0 Å². The number of hydrogen-bond donors (Lipinski definition) is 0. The van der Waals surface area contributed by atoms with Crippen LogP contribution in [0, 0.1) is 0 Å². The Kier molecular flexibility index (Phi) is 15.3. The van der Waals surface area contributed by atoms with Crippen LogP contribution in [0.15, 0.2) is 267 Å². The Morgan fingerprint density at radius 3 is 1.00 bits per heavy atom. The molecule has 0 aromatic heterocycles. The van der Waals surface area contributed by atoms with Gasteiger partial charge in [-0.15, -0.1) is 0 Å². The van der Waals surface area contributed by atoms with Gasteiger partial charge in [-0.3, -0.25) is 0 Å². The summed E-state index contributed by atoms with van der Waals surface area (Å²) in [5.74, 6) is 0. The van der Waals surface area contributed by atoms with Crippen LogP contribution in [0.5, 0.6) is 0 Å². The van der Waals surface area contributed by atoms with Crippen LogP contribution >= 0.6 is 0 Å². The first kappa shape index (κ1) is 61.5. The first-order valence-electron chi connectivity index (χ1n) is 34.7. The van der Waals surface area contributed by atoms with Gasteiger partial charge in [-0.05, 0) is 163 Å². The van der Waals surface area contributed by atoms with Crippen LogP contribution in [-0.2, 0) is 27.1 Å². The minimum absolute atomic E-state index is 0.0603. The number of rotatable bonds is 9. The van der Waals surface area contributed by atoms with Gasteiger partial charge in [0, 0.05) is 45.0 Å². The number of fused-ring (bicyclic) bond motifs is 4. The summed E-state index contributed by atoms with van der Waals surface area (Å²) < 4.78 is 9.81. The summed E-state index contributed by atoms with van der Waals surface area (Å²) in [7, 11) is 0. The van der Waals surface area contributed by atoms with Crippen LogP contribution in [0.1, 0.15) is 133 Å². The Bertz CT molecular complexity index is 4830. The molecule has 95 heavy (non-hydrogen) atoms. The first-order chi connectivity index (χ1) is 45.7. The summed E-state index contributed by atoms with van der Waals surface area (Å²) >= 11 is 0. The highest BCUT2D eigenvalue weighted by Gasteiger charge is 2.46. The van der Waals surface area contributed by atoms with Crippen molar-refractivity contribution in [2.24, 2.45) is 0 Å². The lowest BCUT2D eigenvalue weighted by Crippen LogP contribution is -2.61. The Labute approximate surface area is 568 Å². The van der Waals surface area contributed by atoms with E-state index in [-0.39, 0.29) is 33.8 Å². The van der Waals surface area contributed by atoms with Crippen molar-refractivity contribution in [2.45, 2.75) is 131 Å². The molecule has 0 N–H and O–H groups in total. The fourth-order valence-corrected chi connectivity index (χ4v) is 14.6. The summed E-state index contributed by atoms with van der Waals surface area (Å²) in [5, 5.41) is 0. The predicted molar refractivity (Wildman–Crippen MR) is 412 cm³/mol. The summed E-state index contributed by atoms with van der Waals surface area (Å²) in [6.07, 6.45) is 0. The molecule has 0 amide bonds. The Morgan fingerprint density at radius 2 is 0.611 bits per heavy atom. The molecule has 12 aromatic rings. The molecule has 2 aliphatic rings. The van der Waals surface area contributed by atoms with Crippen molar-refractivity contribution in [1.82, 2.24) is 0 Å². The molecule has 0 radical (unpaired) electrons. The molecular weight excluding hydrogens is 1140 g/mol. The van der Waals surface area contributed by atoms with E-state index in [2.05, 4.69) is 375 Å². The van der Waals surface area contributed by atoms with Crippen LogP contribution in [-0.4, -0.2) is 6.71 Å². The Hall–Kier alpha value is -9.70. The van der Waals surface area contributed by atoms with E-state index in [1.54, 1.807) is 0 Å². The van der Waals surface area contributed by atoms with E-state index < -0.39 is 0 Å². The van der Waals surface area contributed by atoms with Gasteiger partial charge in [0.15, 0.2) is 0 Å². The molecule has 0 spiro atoms. The van der Waals surface area contributed by atoms with Crippen LogP contribution < -0.4 is 26.2 Å². The average Bonchev–Trinajstić information content (AvgIpc) is 0.687. The summed E-state index contributed by atoms with van der Waals surface area (Å²) in [4.78, 5) is 5.33. The number of hydrogen-bond acceptors (Lipinski definition) is 2. The van der Waals surface area contributed by atoms with Crippen molar-refractivity contribution < 1.29 is 1.37 Å². The first-order valence-corrected chi connectivity index (χ1v) is 34.2. The standard InChI is InChI=1S/C92H89BN2/c1-88(2,3)69-41-28-39-64(51-69)66-45-49-81-79(53-66)93-80-54-67(65-40-29-42-70(52-65)89(4,5)6)46-50-82(80)95(87-76(62-35-24-18-25-36-62)57-72(91(10,11)12)58-77(87)63-37-26-19-27-38-63)84-56-68(73-48-47-71(90(7,8)9)59-78(73)92(13,14)15)55-83(85(84)93)94(81)86-74(60-31-20-16-21-32-60)43-30-44-75(86)61-33-22-17-23-34-61/h16-59H,1-15H3/i30D. The van der Waals surface area contributed by atoms with E-state index in [4.69, 9.17) is 0 Å². The van der Waals surface area contributed by atoms with Gasteiger partial charge in [-0.2, -0.15) is 0 Å². The van der Waals surface area contributed by atoms with Crippen molar-refractivity contribution >= 4 is 57.2 Å². The third-order valence-corrected chi connectivity index (χ3v) is 19.9. The minimum atomic E-state index is -0.270. The molecule has 2 heterocycles. The van der Waals surface area contributed by atoms with E-state index in [0.717, 1.165) is 89.8 Å². The molecule has 2 aliphatic heterocycles. The molecular formula is C92H89BN2. The summed E-state index contributed by atoms with van der Waals surface area (Å²) in [5.41, 5.74) is 31.8. The zero-order valence-corrected chi connectivity index (χ0v) is 58.3. The fourth-order valence-electron chi connectivity index (χ4n) is 14.6. The van der Waals surface area contributed by atoms with Crippen molar-refractivity contribution in [3.63, 3.8) is 0 Å². The smallest absolute Gasteiger partial charge is 0.252 e. The van der Waals surface area contributed by atoms with Crippen molar-refractivity contribution in [1.29, 1.82) is 0 Å². The number of para-hydroxylation sites is 1. The third-order valence-electron chi connectivity index (χ3n) is 19.9. The average molecular weight is 1230 g/mol. The number of anilines is 6. The molecule has 12 aromatic carbocycles. The second-order valence-electron chi connectivity index (χ2n) is 31.8. The summed E-state index contributed by atoms with van der Waals surface area (Å²) in [6, 6.07) is 99.2. The second kappa shape index (κ2) is 23.6. The maximum atomic E-state index is 9.81. The van der Waals surface area contributed by atoms with Gasteiger partial charge in [-0.25, -0.2) is 0 Å². The normalized spacial score (nSPS) is 13.3. The van der Waals surface area contributed by atoms with Crippen molar-refractivity contribution in [3.05, 3.63) is 295 Å². The van der Waals surface area contributed by atoms with Crippen LogP contribution in [0.3, 0.4) is 0 Å². The molecule has 0 bridgehead atoms. The SMILES string of the molecule is [2H]c1cc(-c2ccccc2)c(N2c3ccc(-c4cccc(C(C)(C)C)c4)cc3B3c4cc(-c5cccc(C(C)(C)C)c5)ccc4N(c4c(-c5ccccc5)cc(C(C)(C)C)cc4-c4ccccc4)c4cc(-c5ccc(C(C)(C)C)cc5C(C)(C)C)cc2c43)c(-c2ccccc2)c1. The molecule has 3 heteroatoms. The van der Waals surface area contributed by atoms with Crippen molar-refractivity contribution in [2.75, 3.05) is 9.80 Å². The Balaban J connectivity index is 1.22. The molecule has 0 unspecified atom stereocenters. The zero-order valence-electron chi connectivity index (χ0n) is 59.3. The zero-order chi connectivity index (χ0) is 67.4. The van der Waals surface area contributed by atoms with Gasteiger partial charge in [-0.1, -0.05) is 334 Å². The molecule has 2 nitrogen and oxygen atoms in total. The molecule has 14 rings (SSSR count). The van der Waals surface area contributed by atoms with E-state index in [1.165, 1.54) is 66.5 Å². The third kappa shape index (κ3) is 11.7. The predicted octanol–water partition coefficient (Wildman–Crippen LogP) is 23.9. The Morgan fingerprint density at radius 1 is 0.253 bits per heavy atom. The lowest BCUT2D eigenvalue weighted by Gasteiger charge is -2.46. The van der Waals surface area contributed by atoms with E-state index in [1.807, 2.05) is 0 Å². The van der Waals surface area contributed by atoms with E-state index in [0.29, 0.717) is 6.04 Å². The van der Waals surface area contributed by atoms with Crippen LogP contribution in [0.4, 0.5) is 34.1 Å². The van der Waals surface area contributed by atoms with Crippen molar-refractivity contribution in [3.8, 4) is 77.9 Å². The minimum Gasteiger partial charge on any atom is -0.310 e. The topological polar surface area (TPSA) is 6.48 Å². The lowest BCUT2D eigenvalue weighted by atomic mass is 9.33. The molecule has 0 atom stereocenters. The highest BCUT2D eigenvalue weighted by Crippen LogP contribution is 2.55. The van der Waals surface area contributed by atoms with E-state index in [9.17, 15) is 1.37 Å². The van der Waals surface area contributed by atoms with Crippen LogP contribution in [0.2, 0.25) is 0 Å². The highest BCUT2D eigenvalue weighted by molar-refractivity contribution is 7.00. The van der Waals surface area contributed by atoms with Gasteiger partial charge >= 0.3 is 0 Å². The van der Waals surface area contributed by atoms with Crippen LogP contribution in [0.25, 0.3) is 77.9 Å². The second-order valence-corrected chi connectivity index (χ2v) is 31.8. The molecule has 0 fully saturated rings. The summed E-state index contributed by atoms with van der Waals surface area (Å²) in [6.45, 7) is 34.8. The van der Waals surface area contributed by atoms with Gasteiger partial charge in [0.05, 0.1) is 12.7 Å². The molecule has 0 saturated carbocycles. The van der Waals surface area contributed by atoms with Gasteiger partial charge in [0.2, 0.25) is 0 Å². The maximum absolute atomic E-state index is 9.81. The quantitative estimate of drug-likeness (QED) is 0.133. The van der Waals surface area contributed by atoms with Gasteiger partial charge < -0.3 is 9.80 Å². The molecule has 0 saturated heterocycles. The maximum Gasteiger partial charge on any atom is 0.252 e. The molecule has 470 valence electrons. The molecule has 0 aliphatic carbocycles. The number of benzene rings is 12. The lowest BCUT2D eigenvalue weighted by molar-refractivity contribution is 0.570. The monoisotopic (exact) mass is 1230 g/mol. The largest absolute Gasteiger partial charge is 0.310 e. The fraction of sp³-hybridized carbons (Fsp3) is 0.217. The highest BCUT2D eigenvalue weighted by atomic mass is 15.2. The number of nitrogens with zero attached hydrogens (tertiary/aromatic N) is 2.